The zero-order chi connectivity index (χ0) is 15.5. The fraction of sp³-hybridized carbons (Fsp3) is 0.412. The van der Waals surface area contributed by atoms with Crippen LogP contribution in [0.2, 0.25) is 0 Å². The molecule has 1 aliphatic heterocycles. The minimum atomic E-state index is -0.00400. The second-order valence-corrected chi connectivity index (χ2v) is 6.78. The Bertz CT molecular complexity index is 667. The van der Waals surface area contributed by atoms with Gasteiger partial charge in [-0.25, -0.2) is 4.98 Å². The Kier molecular flexibility index (Phi) is 4.55. The summed E-state index contributed by atoms with van der Waals surface area (Å²) in [7, 11) is 0. The number of benzene rings is 1. The van der Waals surface area contributed by atoms with Gasteiger partial charge in [0.25, 0.3) is 5.91 Å². The molecule has 1 aromatic heterocycles. The van der Waals surface area contributed by atoms with E-state index in [1.165, 1.54) is 0 Å². The average molecular weight is 315 g/mol. The van der Waals surface area contributed by atoms with Gasteiger partial charge in [-0.15, -0.1) is 11.3 Å². The lowest BCUT2D eigenvalue weighted by Crippen LogP contribution is -2.50. The van der Waals surface area contributed by atoms with E-state index in [9.17, 15) is 4.79 Å². The quantitative estimate of drug-likeness (QED) is 0.916. The monoisotopic (exact) mass is 315 g/mol. The second-order valence-electron chi connectivity index (χ2n) is 5.92. The standard InChI is InChI=1S/C17H21N3OS/c1-11-6-7-18-9-15(11)20-16(21)13-4-3-5-14(8-13)17-19-12(2)10-22-17/h3-5,8,10-11,15,18H,6-7,9H2,1-2H3,(H,20,21). The van der Waals surface area contributed by atoms with Crippen LogP contribution in [0.4, 0.5) is 0 Å². The second kappa shape index (κ2) is 6.58. The summed E-state index contributed by atoms with van der Waals surface area (Å²) in [4.78, 5) is 17.0. The van der Waals surface area contributed by atoms with E-state index in [-0.39, 0.29) is 11.9 Å². The minimum Gasteiger partial charge on any atom is -0.348 e. The third-order valence-electron chi connectivity index (χ3n) is 4.13. The molecular formula is C17H21N3OS. The highest BCUT2D eigenvalue weighted by Gasteiger charge is 2.23. The molecule has 1 fully saturated rings. The maximum atomic E-state index is 12.5. The molecule has 1 saturated heterocycles. The first-order valence-electron chi connectivity index (χ1n) is 7.67. The van der Waals surface area contributed by atoms with Crippen LogP contribution in [0.1, 0.15) is 29.4 Å². The van der Waals surface area contributed by atoms with Crippen LogP contribution in [0.5, 0.6) is 0 Å². The molecule has 2 unspecified atom stereocenters. The number of aromatic nitrogens is 1. The van der Waals surface area contributed by atoms with E-state index < -0.39 is 0 Å². The molecule has 2 aromatic rings. The van der Waals surface area contributed by atoms with E-state index in [1.54, 1.807) is 11.3 Å². The summed E-state index contributed by atoms with van der Waals surface area (Å²) in [5.41, 5.74) is 2.71. The Balaban J connectivity index is 1.75. The zero-order valence-corrected chi connectivity index (χ0v) is 13.7. The van der Waals surface area contributed by atoms with Crippen molar-refractivity contribution in [2.24, 2.45) is 5.92 Å². The van der Waals surface area contributed by atoms with Gasteiger partial charge in [0.15, 0.2) is 0 Å². The molecule has 4 nitrogen and oxygen atoms in total. The van der Waals surface area contributed by atoms with Gasteiger partial charge in [0, 0.05) is 34.8 Å². The zero-order valence-electron chi connectivity index (χ0n) is 12.9. The molecule has 0 saturated carbocycles. The van der Waals surface area contributed by atoms with E-state index in [4.69, 9.17) is 0 Å². The predicted octanol–water partition coefficient (Wildman–Crippen LogP) is 2.85. The topological polar surface area (TPSA) is 54.0 Å². The lowest BCUT2D eigenvalue weighted by atomic mass is 9.94. The third-order valence-corrected chi connectivity index (χ3v) is 5.14. The fourth-order valence-electron chi connectivity index (χ4n) is 2.71. The predicted molar refractivity (Wildman–Crippen MR) is 90.2 cm³/mol. The molecule has 116 valence electrons. The highest BCUT2D eigenvalue weighted by Crippen LogP contribution is 2.24. The van der Waals surface area contributed by atoms with Crippen molar-refractivity contribution < 1.29 is 4.79 Å². The summed E-state index contributed by atoms with van der Waals surface area (Å²) in [5, 5.41) is 9.47. The van der Waals surface area contributed by atoms with Crippen molar-refractivity contribution in [1.82, 2.24) is 15.6 Å². The van der Waals surface area contributed by atoms with Crippen LogP contribution in [-0.2, 0) is 0 Å². The molecule has 22 heavy (non-hydrogen) atoms. The maximum Gasteiger partial charge on any atom is 0.251 e. The van der Waals surface area contributed by atoms with Crippen LogP contribution >= 0.6 is 11.3 Å². The summed E-state index contributed by atoms with van der Waals surface area (Å²) >= 11 is 1.61. The first kappa shape index (κ1) is 15.2. The lowest BCUT2D eigenvalue weighted by molar-refractivity contribution is 0.0915. The van der Waals surface area contributed by atoms with E-state index in [1.807, 2.05) is 36.6 Å². The Hall–Kier alpha value is -1.72. The molecule has 2 atom stereocenters. The van der Waals surface area contributed by atoms with Crippen LogP contribution < -0.4 is 10.6 Å². The molecule has 1 aromatic carbocycles. The molecule has 5 heteroatoms. The Labute approximate surface area is 135 Å². The van der Waals surface area contributed by atoms with Gasteiger partial charge in [-0.2, -0.15) is 0 Å². The fourth-order valence-corrected chi connectivity index (χ4v) is 3.51. The molecule has 2 heterocycles. The summed E-state index contributed by atoms with van der Waals surface area (Å²) in [6.45, 7) is 6.05. The summed E-state index contributed by atoms with van der Waals surface area (Å²) in [6, 6.07) is 7.91. The highest BCUT2D eigenvalue weighted by atomic mass is 32.1. The molecular weight excluding hydrogens is 294 g/mol. The highest BCUT2D eigenvalue weighted by molar-refractivity contribution is 7.13. The van der Waals surface area contributed by atoms with Crippen LogP contribution in [-0.4, -0.2) is 30.0 Å². The Morgan fingerprint density at radius 1 is 1.45 bits per heavy atom. The number of carbonyl (C=O) groups is 1. The number of piperidine rings is 1. The number of carbonyl (C=O) groups excluding carboxylic acids is 1. The first-order chi connectivity index (χ1) is 10.6. The first-order valence-corrected chi connectivity index (χ1v) is 8.55. The van der Waals surface area contributed by atoms with Crippen molar-refractivity contribution in [2.75, 3.05) is 13.1 Å². The molecule has 0 bridgehead atoms. The van der Waals surface area contributed by atoms with Crippen molar-refractivity contribution >= 4 is 17.2 Å². The smallest absolute Gasteiger partial charge is 0.251 e. The molecule has 0 aliphatic carbocycles. The Morgan fingerprint density at radius 2 is 2.32 bits per heavy atom. The minimum absolute atomic E-state index is 0.00400. The van der Waals surface area contributed by atoms with Crippen molar-refractivity contribution in [2.45, 2.75) is 26.3 Å². The number of nitrogens with one attached hydrogen (secondary N) is 2. The number of rotatable bonds is 3. The summed E-state index contributed by atoms with van der Waals surface area (Å²) in [5.74, 6) is 0.505. The van der Waals surface area contributed by atoms with Crippen molar-refractivity contribution in [1.29, 1.82) is 0 Å². The van der Waals surface area contributed by atoms with Crippen molar-refractivity contribution in [3.8, 4) is 10.6 Å². The van der Waals surface area contributed by atoms with Gasteiger partial charge >= 0.3 is 0 Å². The van der Waals surface area contributed by atoms with Crippen LogP contribution in [0.15, 0.2) is 29.6 Å². The van der Waals surface area contributed by atoms with E-state index in [2.05, 4.69) is 22.5 Å². The number of hydrogen-bond acceptors (Lipinski definition) is 4. The van der Waals surface area contributed by atoms with Crippen LogP contribution in [0.25, 0.3) is 10.6 Å². The summed E-state index contributed by atoms with van der Waals surface area (Å²) < 4.78 is 0. The summed E-state index contributed by atoms with van der Waals surface area (Å²) in [6.07, 6.45) is 1.10. The van der Waals surface area contributed by atoms with Crippen LogP contribution in [0, 0.1) is 12.8 Å². The van der Waals surface area contributed by atoms with Gasteiger partial charge in [-0.1, -0.05) is 19.1 Å². The molecule has 1 amide bonds. The number of aryl methyl sites for hydroxylation is 1. The molecule has 0 spiro atoms. The van der Waals surface area contributed by atoms with Gasteiger partial charge in [-0.3, -0.25) is 4.79 Å². The number of thiazole rings is 1. The van der Waals surface area contributed by atoms with Gasteiger partial charge in [0.05, 0.1) is 0 Å². The average Bonchev–Trinajstić information content (AvgIpc) is 2.96. The molecule has 0 radical (unpaired) electrons. The Morgan fingerprint density at radius 3 is 3.05 bits per heavy atom. The van der Waals surface area contributed by atoms with Gasteiger partial charge in [0.2, 0.25) is 0 Å². The van der Waals surface area contributed by atoms with E-state index in [0.29, 0.717) is 11.5 Å². The maximum absolute atomic E-state index is 12.5. The van der Waals surface area contributed by atoms with Crippen molar-refractivity contribution in [3.63, 3.8) is 0 Å². The SMILES string of the molecule is Cc1csc(-c2cccc(C(=O)NC3CNCCC3C)c2)n1. The largest absolute Gasteiger partial charge is 0.348 e. The lowest BCUT2D eigenvalue weighted by Gasteiger charge is -2.30. The molecule has 1 aliphatic rings. The number of amides is 1. The normalized spacial score (nSPS) is 21.5. The van der Waals surface area contributed by atoms with E-state index in [0.717, 1.165) is 35.8 Å². The number of nitrogens with zero attached hydrogens (tertiary/aromatic N) is 1. The molecule has 2 N–H and O–H groups in total. The van der Waals surface area contributed by atoms with Gasteiger partial charge in [-0.05, 0) is 37.9 Å². The van der Waals surface area contributed by atoms with Gasteiger partial charge in [0.1, 0.15) is 5.01 Å². The van der Waals surface area contributed by atoms with Crippen molar-refractivity contribution in [3.05, 3.63) is 40.9 Å². The van der Waals surface area contributed by atoms with E-state index >= 15 is 0 Å². The number of hydrogen-bond donors (Lipinski definition) is 2. The van der Waals surface area contributed by atoms with Crippen LogP contribution in [0.3, 0.4) is 0 Å². The van der Waals surface area contributed by atoms with Gasteiger partial charge < -0.3 is 10.6 Å². The molecule has 3 rings (SSSR count). The third kappa shape index (κ3) is 3.36.